The number of hydrogen-bond donors (Lipinski definition) is 1. The molecule has 1 amide bonds. The molecular weight excluding hydrogens is 218 g/mol. The summed E-state index contributed by atoms with van der Waals surface area (Å²) < 4.78 is 0. The van der Waals surface area contributed by atoms with Gasteiger partial charge >= 0.3 is 0 Å². The molecule has 2 nitrogen and oxygen atoms in total. The third-order valence-electron chi connectivity index (χ3n) is 2.47. The summed E-state index contributed by atoms with van der Waals surface area (Å²) in [5, 5.41) is 2.86. The highest BCUT2D eigenvalue weighted by Crippen LogP contribution is 2.20. The van der Waals surface area contributed by atoms with Crippen LogP contribution >= 0.6 is 11.3 Å². The average molecular weight is 235 g/mol. The van der Waals surface area contributed by atoms with Gasteiger partial charge in [-0.15, -0.1) is 17.8 Å². The van der Waals surface area contributed by atoms with E-state index in [0.717, 1.165) is 23.3 Å². The molecule has 1 atom stereocenters. The Bertz CT molecular complexity index is 395. The number of hydrogen-bond acceptors (Lipinski definition) is 2. The van der Waals surface area contributed by atoms with Crippen LogP contribution in [-0.4, -0.2) is 11.9 Å². The first-order valence-electron chi connectivity index (χ1n) is 5.42. The zero-order chi connectivity index (χ0) is 12.1. The van der Waals surface area contributed by atoms with E-state index in [1.165, 1.54) is 16.2 Å². The summed E-state index contributed by atoms with van der Waals surface area (Å²) >= 11 is 1.51. The van der Waals surface area contributed by atoms with E-state index in [0.29, 0.717) is 0 Å². The summed E-state index contributed by atoms with van der Waals surface area (Å²) in [5.74, 6) is 2.54. The van der Waals surface area contributed by atoms with Gasteiger partial charge in [0.05, 0.1) is 10.9 Å². The summed E-state index contributed by atoms with van der Waals surface area (Å²) in [6.07, 6.45) is 7.15. The van der Waals surface area contributed by atoms with Gasteiger partial charge in [-0.25, -0.2) is 0 Å². The van der Waals surface area contributed by atoms with E-state index < -0.39 is 0 Å². The van der Waals surface area contributed by atoms with Gasteiger partial charge in [0.15, 0.2) is 0 Å². The van der Waals surface area contributed by atoms with Gasteiger partial charge < -0.3 is 5.32 Å². The Morgan fingerprint density at radius 2 is 2.31 bits per heavy atom. The van der Waals surface area contributed by atoms with Gasteiger partial charge in [0.2, 0.25) is 0 Å². The van der Waals surface area contributed by atoms with Gasteiger partial charge in [-0.1, -0.05) is 19.3 Å². The van der Waals surface area contributed by atoms with Crippen LogP contribution in [0, 0.1) is 26.2 Å². The lowest BCUT2D eigenvalue weighted by atomic mass is 10.2. The average Bonchev–Trinajstić information content (AvgIpc) is 2.58. The Kier molecular flexibility index (Phi) is 4.57. The van der Waals surface area contributed by atoms with Crippen LogP contribution in [-0.2, 0) is 0 Å². The molecule has 1 aromatic heterocycles. The van der Waals surface area contributed by atoms with Gasteiger partial charge in [-0.2, -0.15) is 0 Å². The summed E-state index contributed by atoms with van der Waals surface area (Å²) in [4.78, 5) is 13.8. The molecule has 1 unspecified atom stereocenters. The maximum absolute atomic E-state index is 11.9. The van der Waals surface area contributed by atoms with Crippen molar-refractivity contribution in [3.63, 3.8) is 0 Å². The molecule has 1 N–H and O–H groups in total. The zero-order valence-corrected chi connectivity index (χ0v) is 10.8. The third kappa shape index (κ3) is 3.11. The zero-order valence-electron chi connectivity index (χ0n) is 9.96. The minimum Gasteiger partial charge on any atom is -0.338 e. The Morgan fingerprint density at radius 3 is 2.75 bits per heavy atom. The van der Waals surface area contributed by atoms with E-state index in [2.05, 4.69) is 18.2 Å². The van der Waals surface area contributed by atoms with Crippen LogP contribution in [0.4, 0.5) is 0 Å². The topological polar surface area (TPSA) is 29.1 Å². The van der Waals surface area contributed by atoms with E-state index >= 15 is 0 Å². The molecule has 16 heavy (non-hydrogen) atoms. The van der Waals surface area contributed by atoms with Crippen molar-refractivity contribution in [1.29, 1.82) is 0 Å². The smallest absolute Gasteiger partial charge is 0.262 e. The van der Waals surface area contributed by atoms with Crippen LogP contribution in [0.3, 0.4) is 0 Å². The Morgan fingerprint density at radius 1 is 1.62 bits per heavy atom. The van der Waals surface area contributed by atoms with E-state index in [1.807, 2.05) is 19.9 Å². The van der Waals surface area contributed by atoms with Crippen molar-refractivity contribution in [1.82, 2.24) is 5.32 Å². The predicted octanol–water partition coefficient (Wildman–Crippen LogP) is 2.90. The number of amides is 1. The molecule has 0 saturated heterocycles. The molecule has 1 aromatic rings. The predicted molar refractivity (Wildman–Crippen MR) is 68.8 cm³/mol. The van der Waals surface area contributed by atoms with Crippen LogP contribution in [0.15, 0.2) is 6.07 Å². The first kappa shape index (κ1) is 12.8. The van der Waals surface area contributed by atoms with Crippen molar-refractivity contribution in [3.05, 3.63) is 21.4 Å². The molecule has 0 aliphatic heterocycles. The van der Waals surface area contributed by atoms with Gasteiger partial charge in [-0.05, 0) is 31.9 Å². The molecule has 0 radical (unpaired) electrons. The maximum atomic E-state index is 11.9. The fourth-order valence-corrected chi connectivity index (χ4v) is 2.34. The lowest BCUT2D eigenvalue weighted by Crippen LogP contribution is -2.33. The minimum absolute atomic E-state index is 0.0578. The summed E-state index contributed by atoms with van der Waals surface area (Å²) in [6.45, 7) is 6.07. The molecule has 0 spiro atoms. The number of carbonyl (C=O) groups is 1. The van der Waals surface area contributed by atoms with Crippen molar-refractivity contribution >= 4 is 17.2 Å². The van der Waals surface area contributed by atoms with Crippen molar-refractivity contribution in [3.8, 4) is 12.3 Å². The SMILES string of the molecule is C#CC(CCC)NC(=O)c1cc(C)c(C)s1. The van der Waals surface area contributed by atoms with Gasteiger partial charge in [0.1, 0.15) is 0 Å². The van der Waals surface area contributed by atoms with Crippen molar-refractivity contribution in [2.24, 2.45) is 0 Å². The molecule has 0 aliphatic carbocycles. The Balaban J connectivity index is 2.68. The van der Waals surface area contributed by atoms with E-state index in [-0.39, 0.29) is 11.9 Å². The molecule has 1 heterocycles. The van der Waals surface area contributed by atoms with Crippen molar-refractivity contribution in [2.45, 2.75) is 39.7 Å². The van der Waals surface area contributed by atoms with Crippen LogP contribution in [0.2, 0.25) is 0 Å². The van der Waals surface area contributed by atoms with E-state index in [9.17, 15) is 4.79 Å². The van der Waals surface area contributed by atoms with Gasteiger partial charge in [-0.3, -0.25) is 4.79 Å². The third-order valence-corrected chi connectivity index (χ3v) is 3.62. The summed E-state index contributed by atoms with van der Waals surface area (Å²) in [7, 11) is 0. The standard InChI is InChI=1S/C13H17NOS/c1-5-7-11(6-2)14-13(15)12-8-9(3)10(4)16-12/h2,8,11H,5,7H2,1,3-4H3,(H,14,15). The summed E-state index contributed by atoms with van der Waals surface area (Å²) in [6, 6.07) is 1.76. The molecular formula is C13H17NOS. The fraction of sp³-hybridized carbons (Fsp3) is 0.462. The lowest BCUT2D eigenvalue weighted by Gasteiger charge is -2.10. The highest BCUT2D eigenvalue weighted by atomic mass is 32.1. The van der Waals surface area contributed by atoms with Crippen molar-refractivity contribution < 1.29 is 4.79 Å². The van der Waals surface area contributed by atoms with Gasteiger partial charge in [0.25, 0.3) is 5.91 Å². The fourth-order valence-electron chi connectivity index (χ4n) is 1.40. The van der Waals surface area contributed by atoms with Crippen LogP contribution in [0.1, 0.15) is 39.9 Å². The number of thiophene rings is 1. The Hall–Kier alpha value is -1.27. The van der Waals surface area contributed by atoms with E-state index in [1.54, 1.807) is 0 Å². The number of nitrogens with one attached hydrogen (secondary N) is 1. The number of carbonyl (C=O) groups excluding carboxylic acids is 1. The second kappa shape index (κ2) is 5.72. The number of terminal acetylenes is 1. The molecule has 0 aromatic carbocycles. The van der Waals surface area contributed by atoms with Gasteiger partial charge in [0, 0.05) is 4.88 Å². The first-order chi connectivity index (χ1) is 7.58. The quantitative estimate of drug-likeness (QED) is 0.799. The monoisotopic (exact) mass is 235 g/mol. The number of rotatable bonds is 4. The second-order valence-corrected chi connectivity index (χ2v) is 5.09. The van der Waals surface area contributed by atoms with Crippen LogP contribution in [0.25, 0.3) is 0 Å². The molecule has 0 bridgehead atoms. The molecule has 1 rings (SSSR count). The first-order valence-corrected chi connectivity index (χ1v) is 6.24. The van der Waals surface area contributed by atoms with Crippen molar-refractivity contribution in [2.75, 3.05) is 0 Å². The maximum Gasteiger partial charge on any atom is 0.262 e. The second-order valence-electron chi connectivity index (χ2n) is 3.83. The lowest BCUT2D eigenvalue weighted by molar-refractivity contribution is 0.0948. The van der Waals surface area contributed by atoms with Crippen LogP contribution < -0.4 is 5.32 Å². The highest BCUT2D eigenvalue weighted by Gasteiger charge is 2.13. The number of aryl methyl sites for hydroxylation is 2. The minimum atomic E-state index is -0.153. The van der Waals surface area contributed by atoms with Crippen LogP contribution in [0.5, 0.6) is 0 Å². The molecule has 86 valence electrons. The molecule has 0 fully saturated rings. The summed E-state index contributed by atoms with van der Waals surface area (Å²) in [5.41, 5.74) is 1.16. The van der Waals surface area contributed by atoms with E-state index in [4.69, 9.17) is 6.42 Å². The molecule has 0 aliphatic rings. The largest absolute Gasteiger partial charge is 0.338 e. The highest BCUT2D eigenvalue weighted by molar-refractivity contribution is 7.14. The normalized spacial score (nSPS) is 11.9. The molecule has 3 heteroatoms. The molecule has 0 saturated carbocycles. The Labute approximate surface area is 101 Å².